The highest BCUT2D eigenvalue weighted by Gasteiger charge is 2.21. The normalized spacial score (nSPS) is 12.6. The predicted octanol–water partition coefficient (Wildman–Crippen LogP) is 7.70. The lowest BCUT2D eigenvalue weighted by Crippen LogP contribution is -2.26. The predicted molar refractivity (Wildman–Crippen MR) is 167 cm³/mol. The molecule has 1 aliphatic carbocycles. The van der Waals surface area contributed by atoms with E-state index < -0.39 is 0 Å². The van der Waals surface area contributed by atoms with Crippen molar-refractivity contribution in [1.82, 2.24) is 4.98 Å². The summed E-state index contributed by atoms with van der Waals surface area (Å²) in [5.41, 5.74) is 7.76. The molecular weight excluding hydrogens is 508 g/mol. The minimum atomic E-state index is -0.244. The summed E-state index contributed by atoms with van der Waals surface area (Å²) in [6.07, 6.45) is 3.71. The number of rotatable bonds is 14. The Labute approximate surface area is 244 Å². The largest absolute Gasteiger partial charge is 0.485 e. The summed E-state index contributed by atoms with van der Waals surface area (Å²) in [5.74, 6) is 0.860. The maximum atomic E-state index is 6.57. The first-order valence-corrected chi connectivity index (χ1v) is 14.7. The Hall–Kier alpha value is -3.93. The van der Waals surface area contributed by atoms with Crippen molar-refractivity contribution >= 4 is 11.4 Å². The van der Waals surface area contributed by atoms with Crippen LogP contribution in [0, 0.1) is 0 Å². The van der Waals surface area contributed by atoms with Crippen molar-refractivity contribution in [3.8, 4) is 11.3 Å². The second kappa shape index (κ2) is 14.6. The zero-order valence-corrected chi connectivity index (χ0v) is 24.2. The van der Waals surface area contributed by atoms with Gasteiger partial charge in [0.15, 0.2) is 0 Å². The summed E-state index contributed by atoms with van der Waals surface area (Å²) in [4.78, 5) is 7.41. The van der Waals surface area contributed by atoms with E-state index >= 15 is 0 Å². The van der Waals surface area contributed by atoms with Crippen molar-refractivity contribution in [2.45, 2.75) is 46.0 Å². The van der Waals surface area contributed by atoms with Gasteiger partial charge >= 0.3 is 0 Å². The Kier molecular flexibility index (Phi) is 10.2. The average molecular weight is 549 g/mol. The van der Waals surface area contributed by atoms with Crippen LogP contribution in [-0.4, -0.2) is 37.4 Å². The molecule has 0 saturated carbocycles. The monoisotopic (exact) mass is 548 g/mol. The highest BCUT2D eigenvalue weighted by molar-refractivity contribution is 5.69. The molecule has 1 aromatic heterocycles. The molecule has 4 aromatic rings. The molecule has 0 N–H and O–H groups in total. The Morgan fingerprint density at radius 2 is 1.34 bits per heavy atom. The first-order chi connectivity index (χ1) is 20.2. The van der Waals surface area contributed by atoms with Gasteiger partial charge in [0.05, 0.1) is 37.8 Å². The topological polar surface area (TPSA) is 43.8 Å². The molecule has 1 aliphatic rings. The fourth-order valence-corrected chi connectivity index (χ4v) is 5.13. The van der Waals surface area contributed by atoms with Gasteiger partial charge in [-0.15, -0.1) is 0 Å². The molecule has 0 spiro atoms. The number of aromatic nitrogens is 1. The van der Waals surface area contributed by atoms with Crippen LogP contribution in [0.15, 0.2) is 103 Å². The lowest BCUT2D eigenvalue weighted by atomic mass is 9.99. The third-order valence-corrected chi connectivity index (χ3v) is 7.37. The van der Waals surface area contributed by atoms with Crippen LogP contribution in [0.2, 0.25) is 0 Å². The molecular formula is C36H40N2O3. The quantitative estimate of drug-likeness (QED) is 0.162. The minimum absolute atomic E-state index is 0.244. The summed E-state index contributed by atoms with van der Waals surface area (Å²) in [5, 5.41) is 0. The number of benzene rings is 3. The summed E-state index contributed by atoms with van der Waals surface area (Å²) < 4.78 is 18.7. The van der Waals surface area contributed by atoms with Gasteiger partial charge in [-0.25, -0.2) is 0 Å². The van der Waals surface area contributed by atoms with Crippen LogP contribution in [0.3, 0.4) is 0 Å². The molecule has 41 heavy (non-hydrogen) atoms. The van der Waals surface area contributed by atoms with E-state index in [1.165, 1.54) is 5.69 Å². The minimum Gasteiger partial charge on any atom is -0.485 e. The third-order valence-electron chi connectivity index (χ3n) is 7.37. The Bertz CT molecular complexity index is 1340. The molecule has 0 unspecified atom stereocenters. The van der Waals surface area contributed by atoms with Crippen LogP contribution in [0.5, 0.6) is 0 Å². The van der Waals surface area contributed by atoms with Gasteiger partial charge in [-0.2, -0.15) is 0 Å². The first kappa shape index (κ1) is 28.6. The van der Waals surface area contributed by atoms with Crippen molar-refractivity contribution < 1.29 is 14.2 Å². The molecule has 5 nitrogen and oxygen atoms in total. The van der Waals surface area contributed by atoms with E-state index in [2.05, 4.69) is 85.5 Å². The molecule has 212 valence electrons. The van der Waals surface area contributed by atoms with Crippen LogP contribution in [0.1, 0.15) is 42.7 Å². The lowest BCUT2D eigenvalue weighted by Gasteiger charge is -2.25. The molecule has 0 radical (unpaired) electrons. The zero-order chi connectivity index (χ0) is 28.3. The van der Waals surface area contributed by atoms with Crippen molar-refractivity contribution in [1.29, 1.82) is 0 Å². The number of aryl methyl sites for hydroxylation is 1. The van der Waals surface area contributed by atoms with E-state index in [0.717, 1.165) is 65.3 Å². The van der Waals surface area contributed by atoms with E-state index in [1.54, 1.807) is 0 Å². The average Bonchev–Trinajstić information content (AvgIpc) is 3.03. The maximum absolute atomic E-state index is 6.57. The van der Waals surface area contributed by atoms with Crippen molar-refractivity contribution in [3.05, 3.63) is 126 Å². The summed E-state index contributed by atoms with van der Waals surface area (Å²) in [6.45, 7) is 8.30. The van der Waals surface area contributed by atoms with E-state index in [4.69, 9.17) is 19.2 Å². The summed E-state index contributed by atoms with van der Waals surface area (Å²) in [7, 11) is 0. The molecule has 0 saturated heterocycles. The van der Waals surface area contributed by atoms with Crippen molar-refractivity contribution in [2.75, 3.05) is 31.2 Å². The Balaban J connectivity index is 1.27. The van der Waals surface area contributed by atoms with Gasteiger partial charge in [-0.3, -0.25) is 4.98 Å². The molecule has 0 atom stereocenters. The number of hydrogen-bond acceptors (Lipinski definition) is 5. The number of allylic oxidation sites excluding steroid dienone is 1. The van der Waals surface area contributed by atoms with Gasteiger partial charge in [0.25, 0.3) is 0 Å². The zero-order valence-electron chi connectivity index (χ0n) is 24.2. The third kappa shape index (κ3) is 7.84. The van der Waals surface area contributed by atoms with Gasteiger partial charge in [-0.05, 0) is 68.2 Å². The first-order valence-electron chi connectivity index (χ1n) is 14.7. The molecule has 1 heterocycles. The highest BCUT2D eigenvalue weighted by atomic mass is 16.6. The molecule has 0 amide bonds. The highest BCUT2D eigenvalue weighted by Crippen LogP contribution is 2.30. The van der Waals surface area contributed by atoms with Crippen LogP contribution < -0.4 is 4.90 Å². The standard InChI is InChI=1S/C36H40N2O3/c1-3-38(4-2)31-20-18-30(19-21-31)34-23-22-33-35(37-34)16-11-17-36(33)41-32(26-39-24-28-12-7-5-8-13-28)27-40-25-29-14-9-6-10-15-29/h5-10,12-15,17-23,32H,3-4,11,16,24-27H2,1-2H3. The maximum Gasteiger partial charge on any atom is 0.145 e. The number of fused-ring (bicyclic) bond motifs is 1. The second-order valence-electron chi connectivity index (χ2n) is 10.3. The Morgan fingerprint density at radius 1 is 0.732 bits per heavy atom. The van der Waals surface area contributed by atoms with Crippen LogP contribution >= 0.6 is 0 Å². The van der Waals surface area contributed by atoms with E-state index in [9.17, 15) is 0 Å². The van der Waals surface area contributed by atoms with Gasteiger partial charge in [0.1, 0.15) is 11.9 Å². The number of hydrogen-bond donors (Lipinski definition) is 0. The summed E-state index contributed by atoms with van der Waals surface area (Å²) in [6, 6.07) is 33.4. The SMILES string of the molecule is CCN(CC)c1ccc(-c2ccc3c(n2)CCC=C3OC(COCc2ccccc2)COCc2ccccc2)cc1. The molecule has 0 fully saturated rings. The molecule has 0 bridgehead atoms. The second-order valence-corrected chi connectivity index (χ2v) is 10.3. The van der Waals surface area contributed by atoms with Gasteiger partial charge in [-0.1, -0.05) is 72.8 Å². The van der Waals surface area contributed by atoms with Crippen LogP contribution in [-0.2, 0) is 33.8 Å². The summed E-state index contributed by atoms with van der Waals surface area (Å²) >= 11 is 0. The smallest absolute Gasteiger partial charge is 0.145 e. The number of anilines is 1. The van der Waals surface area contributed by atoms with Gasteiger partial charge < -0.3 is 19.1 Å². The van der Waals surface area contributed by atoms with Gasteiger partial charge in [0.2, 0.25) is 0 Å². The number of pyridine rings is 1. The Morgan fingerprint density at radius 3 is 1.93 bits per heavy atom. The number of nitrogens with zero attached hydrogens (tertiary/aromatic N) is 2. The van der Waals surface area contributed by atoms with E-state index in [0.29, 0.717) is 26.4 Å². The fourth-order valence-electron chi connectivity index (χ4n) is 5.13. The molecule has 0 aliphatic heterocycles. The lowest BCUT2D eigenvalue weighted by molar-refractivity contribution is -0.0274. The van der Waals surface area contributed by atoms with Crippen LogP contribution in [0.4, 0.5) is 5.69 Å². The fraction of sp³-hybridized carbons (Fsp3) is 0.306. The van der Waals surface area contributed by atoms with Crippen molar-refractivity contribution in [3.63, 3.8) is 0 Å². The van der Waals surface area contributed by atoms with E-state index in [1.807, 2.05) is 36.4 Å². The van der Waals surface area contributed by atoms with Crippen molar-refractivity contribution in [2.24, 2.45) is 0 Å². The van der Waals surface area contributed by atoms with E-state index in [-0.39, 0.29) is 6.10 Å². The molecule has 5 rings (SSSR count). The molecule has 3 aromatic carbocycles. The molecule has 5 heteroatoms. The van der Waals surface area contributed by atoms with Gasteiger partial charge in [0, 0.05) is 29.9 Å². The van der Waals surface area contributed by atoms with Crippen LogP contribution in [0.25, 0.3) is 17.0 Å². The number of ether oxygens (including phenoxy) is 3.